The maximum absolute atomic E-state index is 14.1. The molecule has 3 rings (SSSR count). The zero-order valence-electron chi connectivity index (χ0n) is 17.4. The Bertz CT molecular complexity index is 1230. The minimum atomic E-state index is -3.49. The Kier molecular flexibility index (Phi) is 6.98. The van der Waals surface area contributed by atoms with E-state index in [-0.39, 0.29) is 26.1 Å². The average Bonchev–Trinajstić information content (AvgIpc) is 3.02. The zero-order chi connectivity index (χ0) is 22.8. The molecule has 7 nitrogen and oxygen atoms in total. The van der Waals surface area contributed by atoms with Crippen molar-refractivity contribution in [3.63, 3.8) is 0 Å². The SMILES string of the molecule is CCOC(=O)Cc1nn(-c2ccc(F)cc2CN(CC)S(C)(=O)=O)c2cc(Cl)ccc12. The molecule has 0 amide bonds. The van der Waals surface area contributed by atoms with Crippen LogP contribution in [-0.2, 0) is 32.5 Å². The van der Waals surface area contributed by atoms with Crippen LogP contribution in [-0.4, -0.2) is 47.9 Å². The molecule has 2 aromatic carbocycles. The number of benzene rings is 2. The number of rotatable bonds is 8. The van der Waals surface area contributed by atoms with Gasteiger partial charge in [0.2, 0.25) is 10.0 Å². The van der Waals surface area contributed by atoms with Crippen molar-refractivity contribution in [3.8, 4) is 5.69 Å². The first kappa shape index (κ1) is 23.2. The summed E-state index contributed by atoms with van der Waals surface area (Å²) >= 11 is 6.19. The monoisotopic (exact) mass is 467 g/mol. The summed E-state index contributed by atoms with van der Waals surface area (Å²) in [5.74, 6) is -0.915. The average molecular weight is 468 g/mol. The normalized spacial score (nSPS) is 11.9. The highest BCUT2D eigenvalue weighted by Crippen LogP contribution is 2.28. The maximum Gasteiger partial charge on any atom is 0.311 e. The fourth-order valence-electron chi connectivity index (χ4n) is 3.36. The van der Waals surface area contributed by atoms with E-state index in [1.165, 1.54) is 22.5 Å². The largest absolute Gasteiger partial charge is 0.466 e. The molecule has 0 saturated carbocycles. The number of fused-ring (bicyclic) bond motifs is 1. The molecule has 0 aliphatic heterocycles. The molecule has 3 aromatic rings. The lowest BCUT2D eigenvalue weighted by atomic mass is 10.1. The van der Waals surface area contributed by atoms with Gasteiger partial charge in [-0.25, -0.2) is 17.5 Å². The number of aromatic nitrogens is 2. The predicted molar refractivity (Wildman–Crippen MR) is 117 cm³/mol. The molecule has 0 unspecified atom stereocenters. The highest BCUT2D eigenvalue weighted by molar-refractivity contribution is 7.88. The molecule has 1 aromatic heterocycles. The van der Waals surface area contributed by atoms with E-state index in [0.717, 1.165) is 6.26 Å². The molecule has 0 spiro atoms. The van der Waals surface area contributed by atoms with Gasteiger partial charge < -0.3 is 4.74 Å². The number of sulfonamides is 1. The van der Waals surface area contributed by atoms with Crippen molar-refractivity contribution in [3.05, 3.63) is 58.5 Å². The van der Waals surface area contributed by atoms with Gasteiger partial charge in [0.25, 0.3) is 0 Å². The first-order chi connectivity index (χ1) is 14.6. The van der Waals surface area contributed by atoms with E-state index in [4.69, 9.17) is 16.3 Å². The third-order valence-corrected chi connectivity index (χ3v) is 6.34. The van der Waals surface area contributed by atoms with Crippen LogP contribution in [0.25, 0.3) is 16.6 Å². The Labute approximate surface area is 185 Å². The summed E-state index contributed by atoms with van der Waals surface area (Å²) < 4.78 is 46.1. The minimum absolute atomic E-state index is 0.0302. The third kappa shape index (κ3) is 5.23. The summed E-state index contributed by atoms with van der Waals surface area (Å²) in [6.45, 7) is 3.89. The predicted octanol–water partition coefficient (Wildman–Crippen LogP) is 3.71. The Balaban J connectivity index is 2.17. The summed E-state index contributed by atoms with van der Waals surface area (Å²) in [7, 11) is -3.49. The Morgan fingerprint density at radius 3 is 2.61 bits per heavy atom. The van der Waals surface area contributed by atoms with Crippen molar-refractivity contribution in [2.45, 2.75) is 26.8 Å². The van der Waals surface area contributed by atoms with E-state index < -0.39 is 21.8 Å². The first-order valence-electron chi connectivity index (χ1n) is 9.70. The number of halogens is 2. The van der Waals surface area contributed by atoms with Crippen LogP contribution in [0.2, 0.25) is 5.02 Å². The van der Waals surface area contributed by atoms with Crippen LogP contribution in [0.1, 0.15) is 25.1 Å². The summed E-state index contributed by atoms with van der Waals surface area (Å²) in [6.07, 6.45) is 1.07. The van der Waals surface area contributed by atoms with Crippen LogP contribution in [0.5, 0.6) is 0 Å². The molecule has 0 N–H and O–H groups in total. The van der Waals surface area contributed by atoms with E-state index in [9.17, 15) is 17.6 Å². The molecule has 0 saturated heterocycles. The van der Waals surface area contributed by atoms with Crippen LogP contribution in [0, 0.1) is 5.82 Å². The molecule has 0 fully saturated rings. The molecular formula is C21H23ClFN3O4S. The molecule has 31 heavy (non-hydrogen) atoms. The van der Waals surface area contributed by atoms with E-state index >= 15 is 0 Å². The van der Waals surface area contributed by atoms with Gasteiger partial charge >= 0.3 is 5.97 Å². The quantitative estimate of drug-likeness (QED) is 0.472. The highest BCUT2D eigenvalue weighted by Gasteiger charge is 2.21. The van der Waals surface area contributed by atoms with Crippen molar-refractivity contribution >= 4 is 38.5 Å². The number of carbonyl (C=O) groups excluding carboxylic acids is 1. The van der Waals surface area contributed by atoms with Crippen LogP contribution in [0.4, 0.5) is 4.39 Å². The van der Waals surface area contributed by atoms with E-state index in [1.807, 2.05) is 0 Å². The number of hydrogen-bond donors (Lipinski definition) is 0. The van der Waals surface area contributed by atoms with Crippen molar-refractivity contribution in [2.24, 2.45) is 0 Å². The summed E-state index contributed by atoms with van der Waals surface area (Å²) in [5, 5.41) is 5.74. The van der Waals surface area contributed by atoms with Gasteiger partial charge in [0.15, 0.2) is 0 Å². The number of carbonyl (C=O) groups is 1. The van der Waals surface area contributed by atoms with Gasteiger partial charge in [-0.05, 0) is 48.9 Å². The first-order valence-corrected chi connectivity index (χ1v) is 11.9. The summed E-state index contributed by atoms with van der Waals surface area (Å²) in [6, 6.07) is 9.24. The smallest absolute Gasteiger partial charge is 0.311 e. The highest BCUT2D eigenvalue weighted by atomic mass is 35.5. The Morgan fingerprint density at radius 2 is 1.97 bits per heavy atom. The summed E-state index contributed by atoms with van der Waals surface area (Å²) in [5.41, 5.74) is 2.02. The fraction of sp³-hybridized carbons (Fsp3) is 0.333. The number of esters is 1. The van der Waals surface area contributed by atoms with Gasteiger partial charge in [0.1, 0.15) is 5.82 Å². The summed E-state index contributed by atoms with van der Waals surface area (Å²) in [4.78, 5) is 12.1. The van der Waals surface area contributed by atoms with Crippen LogP contribution < -0.4 is 0 Å². The van der Waals surface area contributed by atoms with E-state index in [2.05, 4.69) is 5.10 Å². The second kappa shape index (κ2) is 9.33. The van der Waals surface area contributed by atoms with Crippen molar-refractivity contribution in [1.29, 1.82) is 0 Å². The van der Waals surface area contributed by atoms with Gasteiger partial charge in [0.05, 0.1) is 36.2 Å². The van der Waals surface area contributed by atoms with Crippen LogP contribution in [0.15, 0.2) is 36.4 Å². The van der Waals surface area contributed by atoms with Crippen molar-refractivity contribution < 1.29 is 22.3 Å². The topological polar surface area (TPSA) is 81.5 Å². The second-order valence-corrected chi connectivity index (χ2v) is 9.38. The standard InChI is InChI=1S/C21H23ClFN3O4S/c1-4-25(31(3,28)29)13-14-10-16(23)7-9-19(14)26-20-11-15(22)6-8-17(20)18(24-26)12-21(27)30-5-2/h6-11H,4-5,12-13H2,1-3H3. The minimum Gasteiger partial charge on any atom is -0.466 e. The van der Waals surface area contributed by atoms with Gasteiger partial charge in [-0.1, -0.05) is 18.5 Å². The van der Waals surface area contributed by atoms with E-state index in [1.54, 1.807) is 36.7 Å². The van der Waals surface area contributed by atoms with Gasteiger partial charge in [-0.2, -0.15) is 9.40 Å². The van der Waals surface area contributed by atoms with Gasteiger partial charge in [0, 0.05) is 23.5 Å². The van der Waals surface area contributed by atoms with Crippen molar-refractivity contribution in [1.82, 2.24) is 14.1 Å². The number of ether oxygens (including phenoxy) is 1. The lowest BCUT2D eigenvalue weighted by Gasteiger charge is -2.20. The lowest BCUT2D eigenvalue weighted by Crippen LogP contribution is -2.29. The molecule has 0 bridgehead atoms. The Morgan fingerprint density at radius 1 is 1.23 bits per heavy atom. The third-order valence-electron chi connectivity index (χ3n) is 4.77. The van der Waals surface area contributed by atoms with Crippen molar-refractivity contribution in [2.75, 3.05) is 19.4 Å². The van der Waals surface area contributed by atoms with Crippen LogP contribution in [0.3, 0.4) is 0 Å². The maximum atomic E-state index is 14.1. The molecule has 10 heteroatoms. The molecule has 1 heterocycles. The molecule has 166 valence electrons. The second-order valence-electron chi connectivity index (χ2n) is 6.96. The molecule has 0 aliphatic carbocycles. The molecular weight excluding hydrogens is 445 g/mol. The fourth-order valence-corrected chi connectivity index (χ4v) is 4.37. The number of hydrogen-bond acceptors (Lipinski definition) is 5. The molecule has 0 radical (unpaired) electrons. The van der Waals surface area contributed by atoms with Crippen LogP contribution >= 0.6 is 11.6 Å². The zero-order valence-corrected chi connectivity index (χ0v) is 19.0. The Hall–Kier alpha value is -2.49. The van der Waals surface area contributed by atoms with E-state index in [0.29, 0.717) is 32.9 Å². The molecule has 0 aliphatic rings. The van der Waals surface area contributed by atoms with Gasteiger partial charge in [-0.3, -0.25) is 4.79 Å². The van der Waals surface area contributed by atoms with Gasteiger partial charge in [-0.15, -0.1) is 0 Å². The number of nitrogens with zero attached hydrogens (tertiary/aromatic N) is 3. The lowest BCUT2D eigenvalue weighted by molar-refractivity contribution is -0.142. The molecule has 0 atom stereocenters.